The molecule has 1 aromatic rings. The molecule has 0 fully saturated rings. The molecule has 108 valence electrons. The highest BCUT2D eigenvalue weighted by molar-refractivity contribution is 5.94. The van der Waals surface area contributed by atoms with Crippen LogP contribution in [-0.4, -0.2) is 50.0 Å². The van der Waals surface area contributed by atoms with Crippen molar-refractivity contribution >= 4 is 11.9 Å². The molecule has 0 spiro atoms. The maximum atomic E-state index is 11.9. The van der Waals surface area contributed by atoms with Crippen molar-refractivity contribution in [2.24, 2.45) is 4.99 Å². The van der Waals surface area contributed by atoms with E-state index < -0.39 is 0 Å². The van der Waals surface area contributed by atoms with Crippen molar-refractivity contribution in [2.45, 2.75) is 19.4 Å². The van der Waals surface area contributed by atoms with Gasteiger partial charge in [0.25, 0.3) is 5.91 Å². The third kappa shape index (κ3) is 3.73. The van der Waals surface area contributed by atoms with Crippen molar-refractivity contribution in [2.75, 3.05) is 27.2 Å². The number of carbonyl (C=O) groups is 1. The van der Waals surface area contributed by atoms with E-state index in [0.717, 1.165) is 36.6 Å². The minimum Gasteiger partial charge on any atom is -0.356 e. The number of nitrogens with zero attached hydrogens (tertiary/aromatic N) is 2. The zero-order chi connectivity index (χ0) is 14.5. The number of nitrogens with one attached hydrogen (secondary N) is 2. The van der Waals surface area contributed by atoms with Gasteiger partial charge in [-0.05, 0) is 31.0 Å². The summed E-state index contributed by atoms with van der Waals surface area (Å²) in [5.41, 5.74) is 1.88. The highest BCUT2D eigenvalue weighted by Crippen LogP contribution is 2.07. The molecule has 1 aliphatic rings. The summed E-state index contributed by atoms with van der Waals surface area (Å²) >= 11 is 0. The number of guanidine groups is 1. The second-order valence-corrected chi connectivity index (χ2v) is 5.31. The average Bonchev–Trinajstić information content (AvgIpc) is 2.84. The molecule has 0 saturated heterocycles. The van der Waals surface area contributed by atoms with Gasteiger partial charge in [-0.25, -0.2) is 0 Å². The van der Waals surface area contributed by atoms with Crippen LogP contribution in [0.5, 0.6) is 0 Å². The average molecular weight is 274 g/mol. The highest BCUT2D eigenvalue weighted by atomic mass is 16.2. The second-order valence-electron chi connectivity index (χ2n) is 5.31. The topological polar surface area (TPSA) is 56.7 Å². The van der Waals surface area contributed by atoms with E-state index in [0.29, 0.717) is 6.04 Å². The molecule has 0 saturated carbocycles. The van der Waals surface area contributed by atoms with Gasteiger partial charge in [-0.1, -0.05) is 12.1 Å². The molecule has 0 radical (unpaired) electrons. The summed E-state index contributed by atoms with van der Waals surface area (Å²) < 4.78 is 0. The first-order valence-corrected chi connectivity index (χ1v) is 6.91. The van der Waals surface area contributed by atoms with Gasteiger partial charge < -0.3 is 15.5 Å². The van der Waals surface area contributed by atoms with Gasteiger partial charge in [0.05, 0.1) is 6.54 Å². The largest absolute Gasteiger partial charge is 0.356 e. The van der Waals surface area contributed by atoms with Gasteiger partial charge in [0.1, 0.15) is 0 Å². The van der Waals surface area contributed by atoms with Crippen molar-refractivity contribution in [1.29, 1.82) is 0 Å². The van der Waals surface area contributed by atoms with E-state index >= 15 is 0 Å². The van der Waals surface area contributed by atoms with Gasteiger partial charge in [-0.2, -0.15) is 0 Å². The van der Waals surface area contributed by atoms with Crippen LogP contribution in [0.25, 0.3) is 0 Å². The summed E-state index contributed by atoms with van der Waals surface area (Å²) in [5, 5.41) is 6.54. The van der Waals surface area contributed by atoms with Crippen LogP contribution in [-0.2, 0) is 6.42 Å². The van der Waals surface area contributed by atoms with Crippen LogP contribution in [0.2, 0.25) is 0 Å². The molecule has 1 heterocycles. The predicted molar refractivity (Wildman–Crippen MR) is 81.1 cm³/mol. The Morgan fingerprint density at radius 3 is 2.95 bits per heavy atom. The summed E-state index contributed by atoms with van der Waals surface area (Å²) in [6.45, 7) is 3.74. The first-order valence-electron chi connectivity index (χ1n) is 6.91. The molecular formula is C15H22N4O. The van der Waals surface area contributed by atoms with Crippen molar-refractivity contribution in [3.05, 3.63) is 35.4 Å². The Bertz CT molecular complexity index is 510. The summed E-state index contributed by atoms with van der Waals surface area (Å²) in [6.07, 6.45) is 0.865. The normalized spacial score (nSPS) is 17.4. The Hall–Kier alpha value is -2.04. The molecule has 5 heteroatoms. The van der Waals surface area contributed by atoms with Crippen LogP contribution in [0.3, 0.4) is 0 Å². The summed E-state index contributed by atoms with van der Waals surface area (Å²) in [7, 11) is 3.53. The van der Waals surface area contributed by atoms with Gasteiger partial charge in [-0.3, -0.25) is 9.79 Å². The van der Waals surface area contributed by atoms with Crippen LogP contribution in [0.1, 0.15) is 22.8 Å². The molecule has 1 amide bonds. The van der Waals surface area contributed by atoms with Crippen LogP contribution < -0.4 is 10.6 Å². The Balaban J connectivity index is 1.87. The Morgan fingerprint density at radius 1 is 1.50 bits per heavy atom. The van der Waals surface area contributed by atoms with Crippen molar-refractivity contribution in [3.8, 4) is 0 Å². The van der Waals surface area contributed by atoms with E-state index in [1.807, 2.05) is 24.3 Å². The van der Waals surface area contributed by atoms with E-state index in [9.17, 15) is 4.79 Å². The van der Waals surface area contributed by atoms with Crippen LogP contribution in [0.15, 0.2) is 29.3 Å². The fourth-order valence-corrected chi connectivity index (χ4v) is 2.10. The lowest BCUT2D eigenvalue weighted by Crippen LogP contribution is -2.38. The first-order chi connectivity index (χ1) is 9.56. The number of aliphatic imine (C=N–C) groups is 1. The second kappa shape index (κ2) is 6.41. The molecule has 1 unspecified atom stereocenters. The van der Waals surface area contributed by atoms with E-state index in [1.165, 1.54) is 0 Å². The molecule has 0 aliphatic carbocycles. The fraction of sp³-hybridized carbons (Fsp3) is 0.467. The summed E-state index contributed by atoms with van der Waals surface area (Å²) in [5.74, 6) is 0.911. The summed E-state index contributed by atoms with van der Waals surface area (Å²) in [6, 6.07) is 8.19. The Kier molecular flexibility index (Phi) is 4.61. The monoisotopic (exact) mass is 274 g/mol. The lowest BCUT2D eigenvalue weighted by Gasteiger charge is -2.12. The molecule has 1 atom stereocenters. The number of rotatable bonds is 4. The highest BCUT2D eigenvalue weighted by Gasteiger charge is 2.11. The number of hydrogen-bond acceptors (Lipinski definition) is 4. The Morgan fingerprint density at radius 2 is 2.30 bits per heavy atom. The zero-order valence-corrected chi connectivity index (χ0v) is 12.3. The molecule has 1 aromatic carbocycles. The van der Waals surface area contributed by atoms with Crippen molar-refractivity contribution < 1.29 is 4.79 Å². The van der Waals surface area contributed by atoms with Gasteiger partial charge in [0, 0.05) is 32.2 Å². The van der Waals surface area contributed by atoms with E-state index in [-0.39, 0.29) is 5.91 Å². The Labute approximate surface area is 120 Å². The molecule has 2 rings (SSSR count). The van der Waals surface area contributed by atoms with E-state index in [1.54, 1.807) is 19.0 Å². The van der Waals surface area contributed by atoms with Gasteiger partial charge in [0.15, 0.2) is 5.96 Å². The fourth-order valence-electron chi connectivity index (χ4n) is 2.10. The minimum absolute atomic E-state index is 0.0375. The standard InChI is InChI=1S/C15H22N4O/c1-11-10-17-15(18-11)16-8-7-12-5-4-6-13(9-12)14(20)19(2)3/h4-6,9,11H,7-8,10H2,1-3H3,(H2,16,17,18). The smallest absolute Gasteiger partial charge is 0.253 e. The molecule has 0 bridgehead atoms. The van der Waals surface area contributed by atoms with Crippen LogP contribution in [0.4, 0.5) is 0 Å². The lowest BCUT2D eigenvalue weighted by atomic mass is 10.1. The van der Waals surface area contributed by atoms with Gasteiger partial charge in [0.2, 0.25) is 0 Å². The maximum Gasteiger partial charge on any atom is 0.253 e. The third-order valence-electron chi connectivity index (χ3n) is 3.19. The molecular weight excluding hydrogens is 252 g/mol. The first kappa shape index (κ1) is 14.4. The third-order valence-corrected chi connectivity index (χ3v) is 3.19. The number of hydrogen-bond donors (Lipinski definition) is 2. The lowest BCUT2D eigenvalue weighted by molar-refractivity contribution is 0.0827. The molecule has 5 nitrogen and oxygen atoms in total. The number of carbonyl (C=O) groups excluding carboxylic acids is 1. The summed E-state index contributed by atoms with van der Waals surface area (Å²) in [4.78, 5) is 17.8. The van der Waals surface area contributed by atoms with Crippen molar-refractivity contribution in [1.82, 2.24) is 15.5 Å². The van der Waals surface area contributed by atoms with Crippen molar-refractivity contribution in [3.63, 3.8) is 0 Å². The molecule has 2 N–H and O–H groups in total. The maximum absolute atomic E-state index is 11.9. The zero-order valence-electron chi connectivity index (χ0n) is 12.3. The quantitative estimate of drug-likeness (QED) is 0.856. The molecule has 1 aliphatic heterocycles. The minimum atomic E-state index is 0.0375. The van der Waals surface area contributed by atoms with Gasteiger partial charge in [-0.15, -0.1) is 0 Å². The van der Waals surface area contributed by atoms with Crippen LogP contribution in [0, 0.1) is 0 Å². The number of benzene rings is 1. The molecule has 0 aromatic heterocycles. The van der Waals surface area contributed by atoms with E-state index in [2.05, 4.69) is 22.5 Å². The molecule has 20 heavy (non-hydrogen) atoms. The predicted octanol–water partition coefficient (Wildman–Crippen LogP) is 0.868. The van der Waals surface area contributed by atoms with Crippen LogP contribution >= 0.6 is 0 Å². The van der Waals surface area contributed by atoms with Gasteiger partial charge >= 0.3 is 0 Å². The SMILES string of the molecule is CC1CN=C(NCCc2cccc(C(=O)N(C)C)c2)N1. The number of amides is 1. The van der Waals surface area contributed by atoms with E-state index in [4.69, 9.17) is 0 Å².